The van der Waals surface area contributed by atoms with Crippen LogP contribution in [0, 0.1) is 5.92 Å². The van der Waals surface area contributed by atoms with E-state index < -0.39 is 6.29 Å². The van der Waals surface area contributed by atoms with E-state index in [9.17, 15) is 5.11 Å². The first-order chi connectivity index (χ1) is 11.7. The molecule has 3 aliphatic rings. The summed E-state index contributed by atoms with van der Waals surface area (Å²) in [6, 6.07) is 8.71. The van der Waals surface area contributed by atoms with Crippen LogP contribution >= 0.6 is 15.9 Å². The number of halogens is 1. The summed E-state index contributed by atoms with van der Waals surface area (Å²) in [7, 11) is 0. The van der Waals surface area contributed by atoms with Crippen molar-refractivity contribution in [1.82, 2.24) is 4.90 Å². The molecule has 3 fully saturated rings. The maximum atomic E-state index is 10.0. The van der Waals surface area contributed by atoms with Crippen molar-refractivity contribution in [2.24, 2.45) is 5.92 Å². The summed E-state index contributed by atoms with van der Waals surface area (Å²) in [4.78, 5) is 2.59. The zero-order chi connectivity index (χ0) is 16.5. The molecule has 0 amide bonds. The van der Waals surface area contributed by atoms with Crippen LogP contribution in [-0.2, 0) is 16.1 Å². The minimum atomic E-state index is -0.623. The van der Waals surface area contributed by atoms with Crippen LogP contribution in [0.2, 0.25) is 0 Å². The second kappa shape index (κ2) is 7.42. The Labute approximate surface area is 152 Å². The van der Waals surface area contributed by atoms with E-state index in [4.69, 9.17) is 9.47 Å². The lowest BCUT2D eigenvalue weighted by Crippen LogP contribution is -2.52. The van der Waals surface area contributed by atoms with Gasteiger partial charge >= 0.3 is 0 Å². The van der Waals surface area contributed by atoms with Crippen molar-refractivity contribution in [1.29, 1.82) is 0 Å². The van der Waals surface area contributed by atoms with Gasteiger partial charge in [0, 0.05) is 29.3 Å². The van der Waals surface area contributed by atoms with E-state index in [1.807, 2.05) is 0 Å². The molecule has 4 nitrogen and oxygen atoms in total. The highest BCUT2D eigenvalue weighted by molar-refractivity contribution is 9.10. The smallest absolute Gasteiger partial charge is 0.155 e. The molecule has 0 radical (unpaired) electrons. The van der Waals surface area contributed by atoms with Gasteiger partial charge in [0.1, 0.15) is 0 Å². The molecule has 2 heterocycles. The van der Waals surface area contributed by atoms with Crippen molar-refractivity contribution in [3.05, 3.63) is 34.3 Å². The highest BCUT2D eigenvalue weighted by atomic mass is 79.9. The molecule has 4 rings (SSSR count). The third-order valence-electron chi connectivity index (χ3n) is 5.76. The van der Waals surface area contributed by atoms with Gasteiger partial charge in [-0.25, -0.2) is 0 Å². The number of fused-ring (bicyclic) bond motifs is 2. The van der Waals surface area contributed by atoms with Crippen LogP contribution in [0.4, 0.5) is 0 Å². The van der Waals surface area contributed by atoms with Crippen LogP contribution in [0.1, 0.15) is 37.7 Å². The topological polar surface area (TPSA) is 41.9 Å². The molecule has 2 bridgehead atoms. The normalized spacial score (nSPS) is 36.8. The van der Waals surface area contributed by atoms with Crippen molar-refractivity contribution >= 4 is 15.9 Å². The molecule has 1 N–H and O–H groups in total. The molecule has 4 unspecified atom stereocenters. The summed E-state index contributed by atoms with van der Waals surface area (Å²) in [5, 5.41) is 10.0. The number of rotatable bonds is 4. The van der Waals surface area contributed by atoms with E-state index in [0.29, 0.717) is 25.0 Å². The Morgan fingerprint density at radius 3 is 2.62 bits per heavy atom. The maximum Gasteiger partial charge on any atom is 0.155 e. The summed E-state index contributed by atoms with van der Waals surface area (Å²) in [5.41, 5.74) is 1.19. The number of piperidine rings is 1. The Kier molecular flexibility index (Phi) is 5.25. The molecule has 1 aromatic carbocycles. The lowest BCUT2D eigenvalue weighted by molar-refractivity contribution is -0.188. The molecule has 2 aliphatic heterocycles. The first kappa shape index (κ1) is 17.0. The van der Waals surface area contributed by atoms with E-state index in [0.717, 1.165) is 24.0 Å². The minimum absolute atomic E-state index is 0.117. The van der Waals surface area contributed by atoms with Gasteiger partial charge < -0.3 is 14.6 Å². The van der Waals surface area contributed by atoms with Crippen molar-refractivity contribution in [2.75, 3.05) is 13.1 Å². The number of benzene rings is 1. The Morgan fingerprint density at radius 1 is 1.12 bits per heavy atom. The number of ether oxygens (including phenoxy) is 2. The van der Waals surface area contributed by atoms with Gasteiger partial charge in [-0.1, -0.05) is 34.5 Å². The summed E-state index contributed by atoms with van der Waals surface area (Å²) < 4.78 is 13.2. The van der Waals surface area contributed by atoms with E-state index in [1.54, 1.807) is 0 Å². The molecule has 0 aromatic heterocycles. The van der Waals surface area contributed by atoms with Crippen molar-refractivity contribution in [2.45, 2.75) is 63.3 Å². The Morgan fingerprint density at radius 2 is 1.88 bits per heavy atom. The lowest BCUT2D eigenvalue weighted by atomic mass is 9.92. The number of hydrogen-bond donors (Lipinski definition) is 1. The molecule has 5 heteroatoms. The lowest BCUT2D eigenvalue weighted by Gasteiger charge is -2.42. The fourth-order valence-corrected chi connectivity index (χ4v) is 4.92. The maximum absolute atomic E-state index is 10.0. The average Bonchev–Trinajstić information content (AvgIpc) is 2.83. The Bertz CT molecular complexity index is 546. The highest BCUT2D eigenvalue weighted by Gasteiger charge is 2.51. The van der Waals surface area contributed by atoms with Crippen molar-refractivity contribution < 1.29 is 14.6 Å². The molecular formula is C19H26BrNO3. The summed E-state index contributed by atoms with van der Waals surface area (Å²) in [6.07, 6.45) is 5.18. The van der Waals surface area contributed by atoms with E-state index in [1.165, 1.54) is 24.8 Å². The molecule has 132 valence electrons. The number of likely N-dealkylation sites (tertiary alicyclic amines) is 1. The van der Waals surface area contributed by atoms with Crippen LogP contribution in [0.25, 0.3) is 0 Å². The van der Waals surface area contributed by atoms with Gasteiger partial charge in [-0.05, 0) is 43.6 Å². The zero-order valence-corrected chi connectivity index (χ0v) is 15.5. The van der Waals surface area contributed by atoms with Gasteiger partial charge in [-0.2, -0.15) is 0 Å². The van der Waals surface area contributed by atoms with Gasteiger partial charge in [0.2, 0.25) is 0 Å². The van der Waals surface area contributed by atoms with Gasteiger partial charge in [0.15, 0.2) is 6.29 Å². The highest BCUT2D eigenvalue weighted by Crippen LogP contribution is 2.43. The predicted octanol–water partition coefficient (Wildman–Crippen LogP) is 3.32. The first-order valence-corrected chi connectivity index (χ1v) is 9.93. The number of aliphatic hydroxyl groups is 1. The number of hydrogen-bond acceptors (Lipinski definition) is 4. The van der Waals surface area contributed by atoms with E-state index in [2.05, 4.69) is 45.1 Å². The first-order valence-electron chi connectivity index (χ1n) is 9.14. The SMILES string of the molecule is OC1CC2C(OCc3ccc(Br)cc3)C[C@@H](O1)C2N1CCCCC1. The third-order valence-corrected chi connectivity index (χ3v) is 6.29. The van der Waals surface area contributed by atoms with Gasteiger partial charge in [-0.3, -0.25) is 4.90 Å². The Balaban J connectivity index is 1.43. The molecule has 1 aliphatic carbocycles. The number of nitrogens with zero attached hydrogens (tertiary/aromatic N) is 1. The quantitative estimate of drug-likeness (QED) is 0.848. The molecular weight excluding hydrogens is 370 g/mol. The van der Waals surface area contributed by atoms with Crippen LogP contribution in [0.15, 0.2) is 28.7 Å². The van der Waals surface area contributed by atoms with Crippen LogP contribution in [0.3, 0.4) is 0 Å². The van der Waals surface area contributed by atoms with E-state index >= 15 is 0 Å². The van der Waals surface area contributed by atoms with Gasteiger partial charge in [-0.15, -0.1) is 0 Å². The number of aliphatic hydroxyl groups excluding tert-OH is 1. The second-order valence-electron chi connectivity index (χ2n) is 7.33. The summed E-state index contributed by atoms with van der Waals surface area (Å²) >= 11 is 3.47. The van der Waals surface area contributed by atoms with Crippen molar-refractivity contribution in [3.63, 3.8) is 0 Å². The Hall–Kier alpha value is -0.460. The standard InChI is InChI=1S/C19H26BrNO3/c20-14-6-4-13(5-7-14)12-23-16-11-17-19(15(16)10-18(22)24-17)21-8-2-1-3-9-21/h4-7,15-19,22H,1-3,8-12H2/t15?,16?,17-,18?,19?/m1/s1. The zero-order valence-electron chi connectivity index (χ0n) is 13.9. The van der Waals surface area contributed by atoms with Gasteiger partial charge in [0.05, 0.1) is 18.8 Å². The van der Waals surface area contributed by atoms with Crippen LogP contribution < -0.4 is 0 Å². The molecule has 24 heavy (non-hydrogen) atoms. The van der Waals surface area contributed by atoms with Gasteiger partial charge in [0.25, 0.3) is 0 Å². The van der Waals surface area contributed by atoms with Crippen LogP contribution in [0.5, 0.6) is 0 Å². The summed E-state index contributed by atoms with van der Waals surface area (Å²) in [6.45, 7) is 2.96. The molecule has 2 saturated heterocycles. The second-order valence-corrected chi connectivity index (χ2v) is 8.24. The average molecular weight is 396 g/mol. The molecule has 1 saturated carbocycles. The fraction of sp³-hybridized carbons (Fsp3) is 0.684. The largest absolute Gasteiger partial charge is 0.373 e. The minimum Gasteiger partial charge on any atom is -0.373 e. The van der Waals surface area contributed by atoms with E-state index in [-0.39, 0.29) is 12.2 Å². The molecule has 0 spiro atoms. The monoisotopic (exact) mass is 395 g/mol. The molecule has 5 atom stereocenters. The van der Waals surface area contributed by atoms with Crippen molar-refractivity contribution in [3.8, 4) is 0 Å². The predicted molar refractivity (Wildman–Crippen MR) is 95.5 cm³/mol. The van der Waals surface area contributed by atoms with Crippen LogP contribution in [-0.4, -0.2) is 47.6 Å². The molecule has 1 aromatic rings. The fourth-order valence-electron chi connectivity index (χ4n) is 4.65. The third kappa shape index (κ3) is 3.56. The summed E-state index contributed by atoms with van der Waals surface area (Å²) in [5.74, 6) is 0.382.